The number of hydrogen-bond donors (Lipinski definition) is 0. The summed E-state index contributed by atoms with van der Waals surface area (Å²) in [6, 6.07) is 17.6. The van der Waals surface area contributed by atoms with Crippen LogP contribution in [0.1, 0.15) is 62.4 Å². The fraction of sp³-hybridized carbons (Fsp3) is 0.533. The molecule has 3 atom stereocenters. The number of methoxy groups -OCH3 is 1. The molecule has 4 rings (SSSR count). The monoisotopic (exact) mass is 492 g/mol. The molecule has 1 amide bonds. The van der Waals surface area contributed by atoms with Gasteiger partial charge in [-0.15, -0.1) is 0 Å². The molecule has 194 valence electrons. The first-order chi connectivity index (χ1) is 17.2. The highest BCUT2D eigenvalue weighted by Crippen LogP contribution is 2.54. The number of nitrogens with zero attached hydrogens (tertiary/aromatic N) is 2. The van der Waals surface area contributed by atoms with Crippen molar-refractivity contribution in [1.82, 2.24) is 9.80 Å². The third-order valence-corrected chi connectivity index (χ3v) is 8.11. The molecule has 2 aliphatic rings. The first-order valence-corrected chi connectivity index (χ1v) is 13.1. The van der Waals surface area contributed by atoms with E-state index >= 15 is 0 Å². The molecule has 6 nitrogen and oxygen atoms in total. The van der Waals surface area contributed by atoms with Crippen LogP contribution in [0.3, 0.4) is 0 Å². The fourth-order valence-corrected chi connectivity index (χ4v) is 6.50. The molecule has 2 aromatic rings. The van der Waals surface area contributed by atoms with Gasteiger partial charge in [-0.05, 0) is 75.0 Å². The van der Waals surface area contributed by atoms with Crippen LogP contribution in [-0.4, -0.2) is 67.1 Å². The zero-order valence-electron chi connectivity index (χ0n) is 22.3. The highest BCUT2D eigenvalue weighted by Gasteiger charge is 2.59. The van der Waals surface area contributed by atoms with Crippen molar-refractivity contribution in [2.24, 2.45) is 5.92 Å². The molecule has 0 radical (unpaired) electrons. The molecule has 1 saturated heterocycles. The minimum absolute atomic E-state index is 0.0872. The van der Waals surface area contributed by atoms with E-state index in [1.165, 1.54) is 6.92 Å². The second-order valence-corrected chi connectivity index (χ2v) is 11.0. The van der Waals surface area contributed by atoms with Crippen LogP contribution in [-0.2, 0) is 14.9 Å². The van der Waals surface area contributed by atoms with Gasteiger partial charge in [0.15, 0.2) is 0 Å². The number of fused-ring (bicyclic) bond motifs is 1. The maximum atomic E-state index is 13.8. The summed E-state index contributed by atoms with van der Waals surface area (Å²) < 4.78 is 11.9. The molecule has 2 fully saturated rings. The molecule has 1 aliphatic carbocycles. The number of carbonyl (C=O) groups is 2. The average molecular weight is 493 g/mol. The lowest BCUT2D eigenvalue weighted by atomic mass is 9.55. The Morgan fingerprint density at radius 2 is 1.86 bits per heavy atom. The number of esters is 1. The van der Waals surface area contributed by atoms with Gasteiger partial charge in [0, 0.05) is 44.1 Å². The van der Waals surface area contributed by atoms with Gasteiger partial charge in [0.2, 0.25) is 0 Å². The van der Waals surface area contributed by atoms with E-state index in [4.69, 9.17) is 9.47 Å². The van der Waals surface area contributed by atoms with Crippen molar-refractivity contribution in [2.75, 3.05) is 33.8 Å². The van der Waals surface area contributed by atoms with E-state index < -0.39 is 0 Å². The molecule has 0 N–H and O–H groups in total. The Bertz CT molecular complexity index is 1070. The van der Waals surface area contributed by atoms with Crippen molar-refractivity contribution in [3.63, 3.8) is 0 Å². The van der Waals surface area contributed by atoms with Crippen LogP contribution in [0, 0.1) is 5.92 Å². The number of likely N-dealkylation sites (N-methyl/N-ethyl adjacent to an activating group) is 1. The van der Waals surface area contributed by atoms with Gasteiger partial charge >= 0.3 is 5.97 Å². The lowest BCUT2D eigenvalue weighted by Gasteiger charge is -2.60. The van der Waals surface area contributed by atoms with Crippen molar-refractivity contribution in [3.8, 4) is 5.75 Å². The highest BCUT2D eigenvalue weighted by molar-refractivity contribution is 5.94. The van der Waals surface area contributed by atoms with Gasteiger partial charge in [-0.25, -0.2) is 0 Å². The molecule has 1 heterocycles. The van der Waals surface area contributed by atoms with Crippen molar-refractivity contribution >= 4 is 11.9 Å². The van der Waals surface area contributed by atoms with Crippen LogP contribution in [0.25, 0.3) is 0 Å². The number of ether oxygens (including phenoxy) is 2. The van der Waals surface area contributed by atoms with Crippen molar-refractivity contribution < 1.29 is 19.1 Å². The number of hydrogen-bond acceptors (Lipinski definition) is 5. The zero-order chi connectivity index (χ0) is 25.9. The Balaban J connectivity index is 1.77. The van der Waals surface area contributed by atoms with Crippen LogP contribution in [0.15, 0.2) is 54.6 Å². The SMILES string of the molecule is COC12CC[C@@H](N(CC(C)C)C(=O)c3ccccc3)CC1(c1cccc(OC(C)=O)c1)CCN(C)C2. The topological polar surface area (TPSA) is 59.1 Å². The van der Waals surface area contributed by atoms with E-state index in [1.54, 1.807) is 0 Å². The Kier molecular flexibility index (Phi) is 7.86. The molecule has 0 spiro atoms. The van der Waals surface area contributed by atoms with Crippen LogP contribution >= 0.6 is 0 Å². The summed E-state index contributed by atoms with van der Waals surface area (Å²) in [5, 5.41) is 0. The summed E-state index contributed by atoms with van der Waals surface area (Å²) in [5.74, 6) is 0.674. The minimum Gasteiger partial charge on any atom is -0.427 e. The second-order valence-electron chi connectivity index (χ2n) is 11.0. The molecular weight excluding hydrogens is 452 g/mol. The van der Waals surface area contributed by atoms with Gasteiger partial charge in [0.05, 0.1) is 5.60 Å². The predicted molar refractivity (Wildman–Crippen MR) is 141 cm³/mol. The number of carbonyl (C=O) groups excluding carboxylic acids is 2. The zero-order valence-corrected chi connectivity index (χ0v) is 22.3. The van der Waals surface area contributed by atoms with E-state index in [0.29, 0.717) is 18.2 Å². The average Bonchev–Trinajstić information content (AvgIpc) is 2.86. The molecule has 0 aromatic heterocycles. The van der Waals surface area contributed by atoms with E-state index in [0.717, 1.165) is 49.9 Å². The summed E-state index contributed by atoms with van der Waals surface area (Å²) in [6.45, 7) is 8.23. The van der Waals surface area contributed by atoms with Crippen molar-refractivity contribution in [3.05, 3.63) is 65.7 Å². The molecule has 6 heteroatoms. The summed E-state index contributed by atoms with van der Waals surface area (Å²) in [6.07, 6.45) is 3.46. The smallest absolute Gasteiger partial charge is 0.308 e. The first kappa shape index (κ1) is 26.4. The first-order valence-electron chi connectivity index (χ1n) is 13.1. The van der Waals surface area contributed by atoms with Gasteiger partial charge in [0.25, 0.3) is 5.91 Å². The Hall–Kier alpha value is -2.70. The lowest BCUT2D eigenvalue weighted by molar-refractivity contribution is -0.150. The molecular formula is C30H40N2O4. The summed E-state index contributed by atoms with van der Waals surface area (Å²) in [4.78, 5) is 29.9. The van der Waals surface area contributed by atoms with Gasteiger partial charge in [-0.2, -0.15) is 0 Å². The molecule has 1 saturated carbocycles. The fourth-order valence-electron chi connectivity index (χ4n) is 6.50. The Morgan fingerprint density at radius 3 is 2.53 bits per heavy atom. The standard InChI is InChI=1S/C30H40N2O4/c1-22(2)20-32(28(34)24-10-7-6-8-11-24)26-14-15-30(35-5)21-31(4)17-16-29(30,19-26)25-12-9-13-27(18-25)36-23(3)33/h6-13,18,22,26H,14-17,19-21H2,1-5H3/t26-,29?,30?/m1/s1. The minimum atomic E-state index is -0.384. The maximum absolute atomic E-state index is 13.8. The molecule has 1 aliphatic heterocycles. The Labute approximate surface area is 215 Å². The van der Waals surface area contributed by atoms with Crippen LogP contribution in [0.4, 0.5) is 0 Å². The third kappa shape index (κ3) is 5.07. The highest BCUT2D eigenvalue weighted by atomic mass is 16.5. The van der Waals surface area contributed by atoms with E-state index in [2.05, 4.69) is 36.8 Å². The molecule has 0 bridgehead atoms. The van der Waals surface area contributed by atoms with Gasteiger partial charge in [-0.3, -0.25) is 9.59 Å². The quantitative estimate of drug-likeness (QED) is 0.406. The number of amides is 1. The van der Waals surface area contributed by atoms with E-state index in [9.17, 15) is 9.59 Å². The van der Waals surface area contributed by atoms with E-state index in [1.807, 2.05) is 55.6 Å². The third-order valence-electron chi connectivity index (χ3n) is 8.11. The van der Waals surface area contributed by atoms with Gasteiger partial charge in [-0.1, -0.05) is 44.2 Å². The second kappa shape index (κ2) is 10.7. The predicted octanol–water partition coefficient (Wildman–Crippen LogP) is 4.92. The number of benzene rings is 2. The number of rotatable bonds is 7. The summed E-state index contributed by atoms with van der Waals surface area (Å²) in [5.41, 5.74) is 1.16. The van der Waals surface area contributed by atoms with Gasteiger partial charge in [0.1, 0.15) is 5.75 Å². The number of piperidine rings is 1. The van der Waals surface area contributed by atoms with E-state index in [-0.39, 0.29) is 28.9 Å². The summed E-state index contributed by atoms with van der Waals surface area (Å²) in [7, 11) is 3.97. The summed E-state index contributed by atoms with van der Waals surface area (Å²) >= 11 is 0. The number of likely N-dealkylation sites (tertiary alicyclic amines) is 1. The van der Waals surface area contributed by atoms with Gasteiger partial charge < -0.3 is 19.3 Å². The lowest BCUT2D eigenvalue weighted by Crippen LogP contribution is -2.67. The van der Waals surface area contributed by atoms with Crippen LogP contribution in [0.2, 0.25) is 0 Å². The molecule has 2 aromatic carbocycles. The molecule has 36 heavy (non-hydrogen) atoms. The van der Waals surface area contributed by atoms with Crippen LogP contribution < -0.4 is 4.74 Å². The molecule has 2 unspecified atom stereocenters. The van der Waals surface area contributed by atoms with Crippen molar-refractivity contribution in [1.29, 1.82) is 0 Å². The largest absolute Gasteiger partial charge is 0.427 e. The maximum Gasteiger partial charge on any atom is 0.308 e. The Morgan fingerprint density at radius 1 is 1.11 bits per heavy atom. The normalized spacial score (nSPS) is 26.3. The van der Waals surface area contributed by atoms with Crippen LogP contribution in [0.5, 0.6) is 5.75 Å². The van der Waals surface area contributed by atoms with Crippen molar-refractivity contribution in [2.45, 2.75) is 63.5 Å².